The summed E-state index contributed by atoms with van der Waals surface area (Å²) in [6, 6.07) is 12.6. The summed E-state index contributed by atoms with van der Waals surface area (Å²) in [5.74, 6) is -0.807. The van der Waals surface area contributed by atoms with Crippen molar-refractivity contribution in [3.8, 4) is 11.1 Å². The molecule has 46 heavy (non-hydrogen) atoms. The zero-order chi connectivity index (χ0) is 32.4. The molecule has 0 aromatic heterocycles. The SMILES string of the molecule is CCC(CC)C(=O)N1CCN(CC2CCN(Cc3cccc(-c4ccc5c(c4)C(=O)N(C4CCC(=O)NC4=O)C5=O)c3)CC2)CC1. The largest absolute Gasteiger partial charge is 0.340 e. The second-order valence-electron chi connectivity index (χ2n) is 13.3. The van der Waals surface area contributed by atoms with Crippen molar-refractivity contribution in [1.82, 2.24) is 24.9 Å². The summed E-state index contributed by atoms with van der Waals surface area (Å²) in [5, 5.41) is 2.24. The Morgan fingerprint density at radius 3 is 2.20 bits per heavy atom. The highest BCUT2D eigenvalue weighted by molar-refractivity contribution is 6.23. The molecule has 3 fully saturated rings. The summed E-state index contributed by atoms with van der Waals surface area (Å²) < 4.78 is 0. The number of hydrogen-bond acceptors (Lipinski definition) is 7. The highest BCUT2D eigenvalue weighted by Crippen LogP contribution is 2.32. The number of rotatable bonds is 9. The molecule has 1 N–H and O–H groups in total. The maximum atomic E-state index is 13.3. The Morgan fingerprint density at radius 1 is 0.804 bits per heavy atom. The maximum Gasteiger partial charge on any atom is 0.262 e. The molecule has 0 bridgehead atoms. The third kappa shape index (κ3) is 6.64. The molecule has 0 radical (unpaired) electrons. The molecule has 4 aliphatic heterocycles. The van der Waals surface area contributed by atoms with Crippen molar-refractivity contribution < 1.29 is 24.0 Å². The van der Waals surface area contributed by atoms with Gasteiger partial charge in [0.1, 0.15) is 6.04 Å². The predicted molar refractivity (Wildman–Crippen MR) is 174 cm³/mol. The van der Waals surface area contributed by atoms with Crippen LogP contribution in [0, 0.1) is 11.8 Å². The summed E-state index contributed by atoms with van der Waals surface area (Å²) in [5.41, 5.74) is 3.58. The van der Waals surface area contributed by atoms with Crippen LogP contribution in [-0.2, 0) is 20.9 Å². The van der Waals surface area contributed by atoms with Crippen molar-refractivity contribution in [1.29, 1.82) is 0 Å². The van der Waals surface area contributed by atoms with Gasteiger partial charge in [-0.2, -0.15) is 0 Å². The van der Waals surface area contributed by atoms with Crippen LogP contribution in [0.15, 0.2) is 42.5 Å². The van der Waals surface area contributed by atoms with Crippen LogP contribution in [0.3, 0.4) is 0 Å². The lowest BCUT2D eigenvalue weighted by Gasteiger charge is -2.39. The molecule has 0 aliphatic carbocycles. The molecule has 4 aliphatic rings. The van der Waals surface area contributed by atoms with Crippen molar-refractivity contribution >= 4 is 29.5 Å². The average Bonchev–Trinajstić information content (AvgIpc) is 3.31. The van der Waals surface area contributed by atoms with E-state index in [9.17, 15) is 24.0 Å². The summed E-state index contributed by atoms with van der Waals surface area (Å²) in [6.45, 7) is 11.9. The monoisotopic (exact) mass is 627 g/mol. The summed E-state index contributed by atoms with van der Waals surface area (Å²) >= 11 is 0. The summed E-state index contributed by atoms with van der Waals surface area (Å²) in [6.07, 6.45) is 4.40. The van der Waals surface area contributed by atoms with Crippen LogP contribution < -0.4 is 5.32 Å². The lowest BCUT2D eigenvalue weighted by Crippen LogP contribution is -2.54. The predicted octanol–water partition coefficient (Wildman–Crippen LogP) is 3.55. The fourth-order valence-corrected chi connectivity index (χ4v) is 7.50. The maximum absolute atomic E-state index is 13.3. The third-order valence-electron chi connectivity index (χ3n) is 10.3. The lowest BCUT2D eigenvalue weighted by molar-refractivity contribution is -0.138. The van der Waals surface area contributed by atoms with Gasteiger partial charge in [0.2, 0.25) is 17.7 Å². The number of carbonyl (C=O) groups is 5. The molecule has 3 saturated heterocycles. The van der Waals surface area contributed by atoms with E-state index in [1.54, 1.807) is 12.1 Å². The number of amides is 5. The van der Waals surface area contributed by atoms with E-state index in [0.29, 0.717) is 17.4 Å². The molecule has 5 amide bonds. The second-order valence-corrected chi connectivity index (χ2v) is 13.3. The van der Waals surface area contributed by atoms with Gasteiger partial charge >= 0.3 is 0 Å². The van der Waals surface area contributed by atoms with E-state index < -0.39 is 23.8 Å². The van der Waals surface area contributed by atoms with Gasteiger partial charge < -0.3 is 4.90 Å². The minimum absolute atomic E-state index is 0.0959. The van der Waals surface area contributed by atoms with Gasteiger partial charge in [-0.1, -0.05) is 38.1 Å². The van der Waals surface area contributed by atoms with Gasteiger partial charge in [-0.15, -0.1) is 0 Å². The Balaban J connectivity index is 1.02. The van der Waals surface area contributed by atoms with Crippen LogP contribution in [0.5, 0.6) is 0 Å². The number of piperazine rings is 1. The number of hydrogen-bond donors (Lipinski definition) is 1. The molecule has 2 aromatic rings. The fourth-order valence-electron chi connectivity index (χ4n) is 7.50. The highest BCUT2D eigenvalue weighted by Gasteiger charge is 2.44. The van der Waals surface area contributed by atoms with E-state index in [1.807, 2.05) is 18.2 Å². The fraction of sp³-hybridized carbons (Fsp3) is 0.528. The number of fused-ring (bicyclic) bond motifs is 1. The number of nitrogens with zero attached hydrogens (tertiary/aromatic N) is 4. The lowest BCUT2D eigenvalue weighted by atomic mass is 9.95. The van der Waals surface area contributed by atoms with Crippen LogP contribution in [-0.4, -0.2) is 101 Å². The molecule has 4 heterocycles. The Morgan fingerprint density at radius 2 is 1.50 bits per heavy atom. The first-order valence-electron chi connectivity index (χ1n) is 16.9. The minimum Gasteiger partial charge on any atom is -0.340 e. The van der Waals surface area contributed by atoms with Gasteiger partial charge in [-0.05, 0) is 86.0 Å². The average molecular weight is 628 g/mol. The van der Waals surface area contributed by atoms with Crippen molar-refractivity contribution in [3.05, 3.63) is 59.2 Å². The Kier molecular flexibility index (Phi) is 9.65. The van der Waals surface area contributed by atoms with E-state index in [-0.39, 0.29) is 30.2 Å². The van der Waals surface area contributed by atoms with E-state index in [0.717, 1.165) is 94.1 Å². The van der Waals surface area contributed by atoms with Crippen molar-refractivity contribution in [2.75, 3.05) is 45.8 Å². The molecule has 1 atom stereocenters. The standard InChI is InChI=1S/C36H45N5O5/c1-3-26(4-2)34(44)40-18-16-39(17-19-40)22-24-12-14-38(15-13-24)23-25-6-5-7-27(20-25)28-8-9-29-30(21-28)36(46)41(35(29)45)31-10-11-32(42)37-33(31)43/h5-9,20-21,24,26,31H,3-4,10-19,22-23H2,1-2H3,(H,37,42,43). The highest BCUT2D eigenvalue weighted by atomic mass is 16.2. The molecule has 10 nitrogen and oxygen atoms in total. The van der Waals surface area contributed by atoms with Crippen molar-refractivity contribution in [3.63, 3.8) is 0 Å². The first-order chi connectivity index (χ1) is 22.2. The molecule has 6 rings (SSSR count). The number of piperidine rings is 2. The smallest absolute Gasteiger partial charge is 0.262 e. The Bertz CT molecular complexity index is 1500. The van der Waals surface area contributed by atoms with Crippen LogP contribution >= 0.6 is 0 Å². The summed E-state index contributed by atoms with van der Waals surface area (Å²) in [4.78, 5) is 71.3. The summed E-state index contributed by atoms with van der Waals surface area (Å²) in [7, 11) is 0. The molecular formula is C36H45N5O5. The van der Waals surface area contributed by atoms with Crippen LogP contribution in [0.1, 0.15) is 78.7 Å². The van der Waals surface area contributed by atoms with E-state index in [2.05, 4.69) is 46.0 Å². The minimum atomic E-state index is -0.971. The third-order valence-corrected chi connectivity index (χ3v) is 10.3. The van der Waals surface area contributed by atoms with Crippen molar-refractivity contribution in [2.24, 2.45) is 11.8 Å². The van der Waals surface area contributed by atoms with E-state index >= 15 is 0 Å². The first-order valence-corrected chi connectivity index (χ1v) is 16.9. The molecule has 2 aromatic carbocycles. The number of benzene rings is 2. The molecule has 0 spiro atoms. The second kappa shape index (κ2) is 13.8. The van der Waals surface area contributed by atoms with Gasteiger partial charge in [0.05, 0.1) is 11.1 Å². The zero-order valence-corrected chi connectivity index (χ0v) is 27.0. The molecule has 244 valence electrons. The van der Waals surface area contributed by atoms with Crippen LogP contribution in [0.4, 0.5) is 0 Å². The Hall–Kier alpha value is -3.89. The number of imide groups is 2. The Labute approximate surface area is 271 Å². The normalized spacial score (nSPS) is 21.7. The van der Waals surface area contributed by atoms with Gasteiger partial charge in [-0.25, -0.2) is 0 Å². The van der Waals surface area contributed by atoms with Gasteiger partial charge in [-0.3, -0.25) is 44.0 Å². The van der Waals surface area contributed by atoms with Crippen LogP contribution in [0.25, 0.3) is 11.1 Å². The number of likely N-dealkylation sites (tertiary alicyclic amines) is 1. The quantitative estimate of drug-likeness (QED) is 0.424. The van der Waals surface area contributed by atoms with Crippen LogP contribution in [0.2, 0.25) is 0 Å². The van der Waals surface area contributed by atoms with Gasteiger partial charge in [0, 0.05) is 51.6 Å². The van der Waals surface area contributed by atoms with E-state index in [4.69, 9.17) is 0 Å². The van der Waals surface area contributed by atoms with Gasteiger partial charge in [0.25, 0.3) is 11.8 Å². The molecule has 1 unspecified atom stereocenters. The zero-order valence-electron chi connectivity index (χ0n) is 27.0. The van der Waals surface area contributed by atoms with Crippen molar-refractivity contribution in [2.45, 2.75) is 65.0 Å². The molecule has 0 saturated carbocycles. The number of nitrogens with one attached hydrogen (secondary N) is 1. The first kappa shape index (κ1) is 32.1. The molecular weight excluding hydrogens is 582 g/mol. The molecule has 10 heteroatoms. The topological polar surface area (TPSA) is 110 Å². The van der Waals surface area contributed by atoms with E-state index in [1.165, 1.54) is 5.56 Å². The van der Waals surface area contributed by atoms with Gasteiger partial charge in [0.15, 0.2) is 0 Å². The number of carbonyl (C=O) groups excluding carboxylic acids is 5.